The van der Waals surface area contributed by atoms with E-state index in [0.29, 0.717) is 5.41 Å². The quantitative estimate of drug-likeness (QED) is 0.326. The van der Waals surface area contributed by atoms with Gasteiger partial charge in [-0.15, -0.1) is 0 Å². The Morgan fingerprint density at radius 1 is 0.636 bits per heavy atom. The van der Waals surface area contributed by atoms with Crippen molar-refractivity contribution in [2.45, 2.75) is 78.1 Å². The molecule has 2 aromatic rings. The zero-order chi connectivity index (χ0) is 21.5. The Hall–Kier alpha value is 0.608. The molecule has 3 heterocycles. The van der Waals surface area contributed by atoms with Crippen molar-refractivity contribution < 1.29 is 65.4 Å². The molecule has 3 heteroatoms. The summed E-state index contributed by atoms with van der Waals surface area (Å²) >= 11 is 0. The third kappa shape index (κ3) is 9.53. The molecule has 0 N–H and O–H groups in total. The smallest absolute Gasteiger partial charge is 0 e. The Morgan fingerprint density at radius 2 is 1.06 bits per heavy atom. The van der Waals surface area contributed by atoms with Gasteiger partial charge in [0.2, 0.25) is 0 Å². The van der Waals surface area contributed by atoms with E-state index in [1.54, 1.807) is 5.56 Å². The van der Waals surface area contributed by atoms with Crippen LogP contribution in [0.2, 0.25) is 0 Å². The fourth-order valence-corrected chi connectivity index (χ4v) is 5.67. The van der Waals surface area contributed by atoms with Crippen molar-refractivity contribution in [2.75, 3.05) is 19.6 Å². The van der Waals surface area contributed by atoms with Crippen LogP contribution in [0.15, 0.2) is 54.6 Å². The zero-order valence-electron chi connectivity index (χ0n) is 21.0. The van der Waals surface area contributed by atoms with Crippen LogP contribution in [-0.4, -0.2) is 24.5 Å². The predicted octanol–water partition coefficient (Wildman–Crippen LogP) is 7.52. The van der Waals surface area contributed by atoms with E-state index in [9.17, 15) is 0 Å². The van der Waals surface area contributed by atoms with Gasteiger partial charge in [0.1, 0.15) is 0 Å². The van der Waals surface area contributed by atoms with Crippen LogP contribution in [0.1, 0.15) is 74.5 Å². The summed E-state index contributed by atoms with van der Waals surface area (Å²) in [7, 11) is 0. The minimum Gasteiger partial charge on any atom is -0.314 e. The first kappa shape index (κ1) is 29.8. The molecule has 0 unspecified atom stereocenters. The Balaban J connectivity index is 0.000000184. The number of hydrogen-bond donors (Lipinski definition) is 0. The summed E-state index contributed by atoms with van der Waals surface area (Å²) in [5.74, 6) is 3.68. The van der Waals surface area contributed by atoms with Crippen molar-refractivity contribution in [3.8, 4) is 0 Å². The molecule has 0 aromatic heterocycles. The second kappa shape index (κ2) is 15.0. The van der Waals surface area contributed by atoms with Gasteiger partial charge in [-0.3, -0.25) is 0 Å². The van der Waals surface area contributed by atoms with Gasteiger partial charge in [0, 0.05) is 65.4 Å². The van der Waals surface area contributed by atoms with Gasteiger partial charge in [-0.2, -0.15) is 38.5 Å². The molecular weight excluding hydrogens is 552 g/mol. The van der Waals surface area contributed by atoms with Gasteiger partial charge in [-0.05, 0) is 50.9 Å². The molecule has 33 heavy (non-hydrogen) atoms. The van der Waals surface area contributed by atoms with E-state index >= 15 is 0 Å². The van der Waals surface area contributed by atoms with Crippen LogP contribution in [0.5, 0.6) is 0 Å². The maximum absolute atomic E-state index is 2.56. The number of rotatable bonds is 2. The fraction of sp³-hybridized carbons (Fsp3) is 0.533. The maximum Gasteiger partial charge on any atom is 0 e. The monoisotopic (exact) mass is 593 g/mol. The van der Waals surface area contributed by atoms with Crippen LogP contribution in [0.4, 0.5) is 0 Å². The van der Waals surface area contributed by atoms with Crippen LogP contribution in [-0.2, 0) is 71.8 Å². The molecule has 174 valence electrons. The van der Waals surface area contributed by atoms with Crippen molar-refractivity contribution in [3.63, 3.8) is 0 Å². The third-order valence-electron chi connectivity index (χ3n) is 8.01. The van der Waals surface area contributed by atoms with E-state index in [0.717, 1.165) is 0 Å². The topological polar surface area (TPSA) is 3.24 Å². The molecule has 6 aliphatic rings. The van der Waals surface area contributed by atoms with Crippen LogP contribution < -0.4 is 0 Å². The number of piperidine rings is 3. The molecule has 8 rings (SSSR count). The van der Waals surface area contributed by atoms with Crippen LogP contribution in [0.25, 0.3) is 0 Å². The van der Waals surface area contributed by atoms with E-state index in [1.165, 1.54) is 95.0 Å². The summed E-state index contributed by atoms with van der Waals surface area (Å²) in [6, 6.07) is 19.5. The molecule has 0 spiro atoms. The number of aryl methyl sites for hydroxylation is 2. The molecule has 3 saturated heterocycles. The average molecular weight is 593 g/mol. The molecular formula is C30H41NY2-2. The van der Waals surface area contributed by atoms with Gasteiger partial charge in [0.15, 0.2) is 0 Å². The van der Waals surface area contributed by atoms with Crippen molar-refractivity contribution in [1.29, 1.82) is 0 Å². The van der Waals surface area contributed by atoms with Crippen LogP contribution in [0, 0.1) is 31.1 Å². The van der Waals surface area contributed by atoms with E-state index in [2.05, 4.69) is 73.3 Å². The van der Waals surface area contributed by atoms with Crippen molar-refractivity contribution in [2.24, 2.45) is 5.41 Å². The van der Waals surface area contributed by atoms with Gasteiger partial charge in [-0.25, -0.2) is 0 Å². The first-order valence-corrected chi connectivity index (χ1v) is 12.6. The van der Waals surface area contributed by atoms with E-state index in [1.807, 2.05) is 11.8 Å². The minimum absolute atomic E-state index is 0. The molecule has 2 aromatic carbocycles. The number of hydrogen-bond acceptors (Lipinski definition) is 1. The minimum atomic E-state index is 0. The first-order valence-electron chi connectivity index (χ1n) is 12.6. The number of fused-ring (bicyclic) bond motifs is 6. The van der Waals surface area contributed by atoms with Gasteiger partial charge >= 0.3 is 0 Å². The number of benzene rings is 2. The molecule has 1 nitrogen and oxygen atoms in total. The summed E-state index contributed by atoms with van der Waals surface area (Å²) in [6.07, 6.45) is 14.2. The van der Waals surface area contributed by atoms with Crippen LogP contribution >= 0.6 is 0 Å². The molecule has 0 atom stereocenters. The Labute approximate surface area is 254 Å². The average Bonchev–Trinajstić information content (AvgIpc) is 2.85. The fourth-order valence-electron chi connectivity index (χ4n) is 5.67. The molecule has 3 aliphatic carbocycles. The Morgan fingerprint density at radius 3 is 1.42 bits per heavy atom. The van der Waals surface area contributed by atoms with Gasteiger partial charge in [0.05, 0.1) is 0 Å². The van der Waals surface area contributed by atoms with E-state index in [-0.39, 0.29) is 65.4 Å². The van der Waals surface area contributed by atoms with Crippen LogP contribution in [0.3, 0.4) is 0 Å². The number of nitrogens with zero attached hydrogens (tertiary/aromatic N) is 1. The van der Waals surface area contributed by atoms with Crippen molar-refractivity contribution in [1.82, 2.24) is 4.90 Å². The SMILES string of the molecule is C1CN2CC[C-]1CC2.Cc1ccc(C)cc1.[Y].[Y].c1ccc(CC23CC[C-](CC2)CC3)cc1. The molecule has 6 fully saturated rings. The van der Waals surface area contributed by atoms with Gasteiger partial charge in [0.25, 0.3) is 0 Å². The standard InChI is InChI=1S/C15H19.C8H10.C7H12N.2Y/c1-2-4-14(5-3-1)12-15-9-6-13(7-10-15)8-11-15;1-7-3-5-8(2)6-4-7;1-4-8-5-2-7(1)3-6-8;;/h1-5H,6-12H2;3-6H,1-2H3;1-6H2;;/q-1;;-1;;. The van der Waals surface area contributed by atoms with Gasteiger partial charge < -0.3 is 16.7 Å². The summed E-state index contributed by atoms with van der Waals surface area (Å²) in [6.45, 7) is 8.26. The Kier molecular flexibility index (Phi) is 13.6. The second-order valence-corrected chi connectivity index (χ2v) is 10.4. The molecule has 0 amide bonds. The molecule has 3 aliphatic heterocycles. The maximum atomic E-state index is 2.56. The summed E-state index contributed by atoms with van der Waals surface area (Å²) in [5.41, 5.74) is 4.87. The summed E-state index contributed by atoms with van der Waals surface area (Å²) in [4.78, 5) is 2.56. The van der Waals surface area contributed by atoms with Gasteiger partial charge in [-0.1, -0.05) is 85.0 Å². The third-order valence-corrected chi connectivity index (χ3v) is 8.01. The van der Waals surface area contributed by atoms with E-state index < -0.39 is 0 Å². The van der Waals surface area contributed by atoms with Crippen molar-refractivity contribution in [3.05, 3.63) is 83.1 Å². The largest absolute Gasteiger partial charge is 0.314 e. The molecule has 3 saturated carbocycles. The Bertz CT molecular complexity index is 715. The first-order chi connectivity index (χ1) is 15.1. The van der Waals surface area contributed by atoms with E-state index in [4.69, 9.17) is 0 Å². The molecule has 2 radical (unpaired) electrons. The zero-order valence-corrected chi connectivity index (χ0v) is 26.7. The normalized spacial score (nSPS) is 20.9. The summed E-state index contributed by atoms with van der Waals surface area (Å²) in [5, 5.41) is 0. The second-order valence-electron chi connectivity index (χ2n) is 10.4. The predicted molar refractivity (Wildman–Crippen MR) is 133 cm³/mol. The summed E-state index contributed by atoms with van der Waals surface area (Å²) < 4.78 is 0. The molecule has 4 bridgehead atoms. The van der Waals surface area contributed by atoms with Crippen molar-refractivity contribution >= 4 is 0 Å².